The maximum atomic E-state index is 12.6. The van der Waals surface area contributed by atoms with Crippen molar-refractivity contribution in [3.63, 3.8) is 0 Å². The fourth-order valence-corrected chi connectivity index (χ4v) is 2.76. The topological polar surface area (TPSA) is 47.2 Å². The molecular formula is C19H16BrN3O. The molecule has 1 aromatic heterocycles. The molecule has 0 saturated heterocycles. The van der Waals surface area contributed by atoms with Gasteiger partial charge in [0.1, 0.15) is 5.82 Å². The average Bonchev–Trinajstić information content (AvgIpc) is 2.56. The highest BCUT2D eigenvalue weighted by molar-refractivity contribution is 9.10. The summed E-state index contributed by atoms with van der Waals surface area (Å²) in [6.07, 6.45) is 3.68. The van der Waals surface area contributed by atoms with E-state index in [4.69, 9.17) is 0 Å². The summed E-state index contributed by atoms with van der Waals surface area (Å²) in [4.78, 5) is 17.1. The minimum Gasteiger partial charge on any atom is -0.267 e. The van der Waals surface area contributed by atoms with E-state index in [1.165, 1.54) is 4.68 Å². The molecule has 0 unspecified atom stereocenters. The predicted molar refractivity (Wildman–Crippen MR) is 102 cm³/mol. The number of halogens is 1. The molecule has 0 atom stereocenters. The zero-order valence-corrected chi connectivity index (χ0v) is 15.0. The van der Waals surface area contributed by atoms with Crippen LogP contribution in [0.15, 0.2) is 68.5 Å². The van der Waals surface area contributed by atoms with Gasteiger partial charge in [-0.05, 0) is 43.2 Å². The third kappa shape index (κ3) is 3.51. The number of rotatable bonds is 3. The van der Waals surface area contributed by atoms with Crippen molar-refractivity contribution in [3.8, 4) is 0 Å². The van der Waals surface area contributed by atoms with Gasteiger partial charge in [0.2, 0.25) is 0 Å². The Hall–Kier alpha value is -2.53. The van der Waals surface area contributed by atoms with Gasteiger partial charge in [-0.15, -0.1) is 0 Å². The van der Waals surface area contributed by atoms with Crippen molar-refractivity contribution in [2.24, 2.45) is 5.10 Å². The monoisotopic (exact) mass is 381 g/mol. The first-order chi connectivity index (χ1) is 11.5. The van der Waals surface area contributed by atoms with E-state index in [0.29, 0.717) is 16.7 Å². The maximum Gasteiger partial charge on any atom is 0.282 e. The molecule has 0 aliphatic rings. The van der Waals surface area contributed by atoms with Crippen LogP contribution in [0.3, 0.4) is 0 Å². The first-order valence-electron chi connectivity index (χ1n) is 7.51. The lowest BCUT2D eigenvalue weighted by molar-refractivity contribution is 0.770. The number of hydrogen-bond acceptors (Lipinski definition) is 3. The van der Waals surface area contributed by atoms with Crippen LogP contribution < -0.4 is 5.56 Å². The summed E-state index contributed by atoms with van der Waals surface area (Å²) in [5, 5.41) is 4.85. The third-order valence-electron chi connectivity index (χ3n) is 3.54. The van der Waals surface area contributed by atoms with E-state index in [2.05, 4.69) is 26.0 Å². The van der Waals surface area contributed by atoms with E-state index < -0.39 is 0 Å². The van der Waals surface area contributed by atoms with E-state index in [-0.39, 0.29) is 5.56 Å². The number of benzene rings is 2. The smallest absolute Gasteiger partial charge is 0.267 e. The van der Waals surface area contributed by atoms with Gasteiger partial charge in [-0.2, -0.15) is 9.78 Å². The van der Waals surface area contributed by atoms with Gasteiger partial charge in [0.25, 0.3) is 5.56 Å². The van der Waals surface area contributed by atoms with E-state index in [0.717, 1.165) is 15.6 Å². The number of allylic oxidation sites excluding steroid dienone is 1. The van der Waals surface area contributed by atoms with Gasteiger partial charge < -0.3 is 0 Å². The number of aromatic nitrogens is 2. The lowest BCUT2D eigenvalue weighted by atomic mass is 10.1. The van der Waals surface area contributed by atoms with Crippen molar-refractivity contribution < 1.29 is 0 Å². The molecule has 3 rings (SSSR count). The molecular weight excluding hydrogens is 366 g/mol. The Bertz CT molecular complexity index is 1000. The van der Waals surface area contributed by atoms with Crippen LogP contribution in [0.1, 0.15) is 18.3 Å². The lowest BCUT2D eigenvalue weighted by Crippen LogP contribution is -2.20. The minimum absolute atomic E-state index is 0.178. The predicted octanol–water partition coefficient (Wildman–Crippen LogP) is 4.40. The number of nitrogens with zero attached hydrogens (tertiary/aromatic N) is 3. The molecule has 0 amide bonds. The molecule has 0 saturated carbocycles. The second-order valence-electron chi connectivity index (χ2n) is 5.48. The molecule has 24 heavy (non-hydrogen) atoms. The zero-order chi connectivity index (χ0) is 17.1. The highest BCUT2D eigenvalue weighted by Gasteiger charge is 2.07. The van der Waals surface area contributed by atoms with Crippen LogP contribution in [0.5, 0.6) is 0 Å². The standard InChI is InChI=1S/C19H16BrN3O/c1-13(10-15-6-4-3-5-7-15)12-21-23-14(2)22-18-9-8-16(20)11-17(18)19(23)24/h3-12H,1-2H3. The molecule has 0 spiro atoms. The summed E-state index contributed by atoms with van der Waals surface area (Å²) < 4.78 is 2.17. The van der Waals surface area contributed by atoms with Gasteiger partial charge in [-0.3, -0.25) is 4.79 Å². The second-order valence-corrected chi connectivity index (χ2v) is 6.40. The van der Waals surface area contributed by atoms with Crippen molar-refractivity contribution >= 4 is 39.1 Å². The molecule has 0 N–H and O–H groups in total. The number of hydrogen-bond donors (Lipinski definition) is 0. The summed E-state index contributed by atoms with van der Waals surface area (Å²) in [5.74, 6) is 0.554. The lowest BCUT2D eigenvalue weighted by Gasteiger charge is -2.05. The van der Waals surface area contributed by atoms with Gasteiger partial charge in [0.05, 0.1) is 17.1 Å². The summed E-state index contributed by atoms with van der Waals surface area (Å²) in [5.41, 5.74) is 2.53. The molecule has 120 valence electrons. The minimum atomic E-state index is -0.178. The molecule has 4 nitrogen and oxygen atoms in total. The third-order valence-corrected chi connectivity index (χ3v) is 4.03. The number of aryl methyl sites for hydroxylation is 1. The van der Waals surface area contributed by atoms with E-state index in [1.54, 1.807) is 19.2 Å². The van der Waals surface area contributed by atoms with Crippen LogP contribution in [0.4, 0.5) is 0 Å². The molecule has 0 bridgehead atoms. The van der Waals surface area contributed by atoms with E-state index >= 15 is 0 Å². The van der Waals surface area contributed by atoms with Crippen LogP contribution in [-0.4, -0.2) is 15.9 Å². The van der Waals surface area contributed by atoms with Gasteiger partial charge in [0, 0.05) is 4.47 Å². The van der Waals surface area contributed by atoms with Crippen molar-refractivity contribution in [2.45, 2.75) is 13.8 Å². The molecule has 3 aromatic rings. The first kappa shape index (κ1) is 16.3. The van der Waals surface area contributed by atoms with Crippen molar-refractivity contribution in [3.05, 3.63) is 80.3 Å². The fraction of sp³-hybridized carbons (Fsp3) is 0.105. The van der Waals surface area contributed by atoms with Gasteiger partial charge in [-0.1, -0.05) is 52.3 Å². The van der Waals surface area contributed by atoms with Crippen LogP contribution in [0.25, 0.3) is 17.0 Å². The average molecular weight is 382 g/mol. The quantitative estimate of drug-likeness (QED) is 0.631. The number of fused-ring (bicyclic) bond motifs is 1. The Morgan fingerprint density at radius 2 is 1.96 bits per heavy atom. The highest BCUT2D eigenvalue weighted by atomic mass is 79.9. The Morgan fingerprint density at radius 1 is 1.21 bits per heavy atom. The molecule has 5 heteroatoms. The Kier molecular flexibility index (Phi) is 4.71. The fourth-order valence-electron chi connectivity index (χ4n) is 2.39. The van der Waals surface area contributed by atoms with Crippen molar-refractivity contribution in [1.82, 2.24) is 9.66 Å². The van der Waals surface area contributed by atoms with Crippen LogP contribution in [0.2, 0.25) is 0 Å². The Labute approximate surface area is 148 Å². The van der Waals surface area contributed by atoms with Crippen molar-refractivity contribution in [2.75, 3.05) is 0 Å². The molecule has 1 heterocycles. The normalized spacial score (nSPS) is 12.2. The van der Waals surface area contributed by atoms with Gasteiger partial charge in [-0.25, -0.2) is 4.98 Å². The summed E-state index contributed by atoms with van der Waals surface area (Å²) in [6.45, 7) is 3.72. The maximum absolute atomic E-state index is 12.6. The summed E-state index contributed by atoms with van der Waals surface area (Å²) in [7, 11) is 0. The zero-order valence-electron chi connectivity index (χ0n) is 13.4. The SMILES string of the molecule is CC(C=Nn1c(C)nc2ccc(Br)cc2c1=O)=Cc1ccccc1. The van der Waals surface area contributed by atoms with E-state index in [1.807, 2.05) is 55.5 Å². The summed E-state index contributed by atoms with van der Waals surface area (Å²) >= 11 is 3.39. The van der Waals surface area contributed by atoms with Gasteiger partial charge >= 0.3 is 0 Å². The van der Waals surface area contributed by atoms with Crippen LogP contribution >= 0.6 is 15.9 Å². The van der Waals surface area contributed by atoms with Crippen LogP contribution in [0, 0.1) is 6.92 Å². The molecule has 0 fully saturated rings. The summed E-state index contributed by atoms with van der Waals surface area (Å²) in [6, 6.07) is 15.4. The molecule has 0 aliphatic heterocycles. The first-order valence-corrected chi connectivity index (χ1v) is 8.30. The van der Waals surface area contributed by atoms with E-state index in [9.17, 15) is 4.79 Å². The highest BCUT2D eigenvalue weighted by Crippen LogP contribution is 2.15. The van der Waals surface area contributed by atoms with Crippen LogP contribution in [-0.2, 0) is 0 Å². The molecule has 0 aliphatic carbocycles. The Balaban J connectivity index is 2.01. The second kappa shape index (κ2) is 6.93. The largest absolute Gasteiger partial charge is 0.282 e. The molecule has 0 radical (unpaired) electrons. The van der Waals surface area contributed by atoms with Gasteiger partial charge in [0.15, 0.2) is 0 Å². The molecule has 2 aromatic carbocycles. The Morgan fingerprint density at radius 3 is 2.71 bits per heavy atom. The van der Waals surface area contributed by atoms with Crippen molar-refractivity contribution in [1.29, 1.82) is 0 Å².